The van der Waals surface area contributed by atoms with Gasteiger partial charge in [-0.05, 0) is 59.9 Å². The lowest BCUT2D eigenvalue weighted by Crippen LogP contribution is -2.31. The van der Waals surface area contributed by atoms with Gasteiger partial charge in [0.2, 0.25) is 0 Å². The molecule has 0 N–H and O–H groups in total. The lowest BCUT2D eigenvalue weighted by molar-refractivity contribution is -0.205. The van der Waals surface area contributed by atoms with E-state index >= 15 is 0 Å². The smallest absolute Gasteiger partial charge is 0.313 e. The third-order valence-electron chi connectivity index (χ3n) is 3.73. The van der Waals surface area contributed by atoms with E-state index in [9.17, 15) is 9.59 Å². The summed E-state index contributed by atoms with van der Waals surface area (Å²) in [7, 11) is 0. The van der Waals surface area contributed by atoms with Crippen molar-refractivity contribution >= 4 is 34.3 Å². The number of ketones is 1. The van der Waals surface area contributed by atoms with E-state index in [0.29, 0.717) is 0 Å². The predicted molar refractivity (Wildman–Crippen MR) is 90.8 cm³/mol. The van der Waals surface area contributed by atoms with Crippen molar-refractivity contribution in [2.75, 3.05) is 6.61 Å². The van der Waals surface area contributed by atoms with Crippen LogP contribution in [0.4, 0.5) is 0 Å². The number of hydrogen-bond acceptors (Lipinski definition) is 6. The monoisotopic (exact) mass is 438 g/mol. The van der Waals surface area contributed by atoms with Gasteiger partial charge in [0.05, 0.1) is 12.7 Å². The van der Waals surface area contributed by atoms with Crippen molar-refractivity contribution in [1.29, 1.82) is 0 Å². The summed E-state index contributed by atoms with van der Waals surface area (Å²) in [5.41, 5.74) is 0. The number of carbonyl (C=O) groups excluding carboxylic acids is 2. The highest BCUT2D eigenvalue weighted by molar-refractivity contribution is 14.1. The first-order valence-electron chi connectivity index (χ1n) is 7.74. The zero-order chi connectivity index (χ0) is 17.2. The average molecular weight is 438 g/mol. The number of esters is 1. The molecule has 2 fully saturated rings. The summed E-state index contributed by atoms with van der Waals surface area (Å²) in [4.78, 5) is 23.7. The summed E-state index contributed by atoms with van der Waals surface area (Å²) < 4.78 is 23.4. The van der Waals surface area contributed by atoms with Crippen molar-refractivity contribution in [3.05, 3.63) is 9.66 Å². The topological polar surface area (TPSA) is 71.1 Å². The van der Waals surface area contributed by atoms with Crippen molar-refractivity contribution in [1.82, 2.24) is 0 Å². The molecule has 2 rings (SSSR count). The Morgan fingerprint density at radius 1 is 1.30 bits per heavy atom. The molecule has 2 saturated heterocycles. The summed E-state index contributed by atoms with van der Waals surface area (Å²) in [6.07, 6.45) is 0.886. The molecular formula is C16H23IO6. The minimum atomic E-state index is -0.730. The first kappa shape index (κ1) is 18.8. The van der Waals surface area contributed by atoms with Crippen molar-refractivity contribution in [2.24, 2.45) is 5.92 Å². The maximum atomic E-state index is 12.2. The molecule has 7 heteroatoms. The van der Waals surface area contributed by atoms with E-state index in [2.05, 4.69) is 22.6 Å². The second kappa shape index (κ2) is 7.58. The Labute approximate surface area is 150 Å². The van der Waals surface area contributed by atoms with Crippen LogP contribution in [0.3, 0.4) is 0 Å². The van der Waals surface area contributed by atoms with Gasteiger partial charge in [-0.25, -0.2) is 0 Å². The van der Waals surface area contributed by atoms with Gasteiger partial charge in [-0.2, -0.15) is 0 Å². The van der Waals surface area contributed by atoms with Crippen molar-refractivity contribution in [3.8, 4) is 0 Å². The number of carbonyl (C=O) groups is 2. The fourth-order valence-electron chi connectivity index (χ4n) is 2.92. The first-order chi connectivity index (χ1) is 10.7. The molecule has 0 aromatic carbocycles. The van der Waals surface area contributed by atoms with Gasteiger partial charge in [0.1, 0.15) is 18.3 Å². The van der Waals surface area contributed by atoms with E-state index in [0.717, 1.165) is 3.58 Å². The van der Waals surface area contributed by atoms with Crippen LogP contribution in [-0.2, 0) is 28.5 Å². The lowest BCUT2D eigenvalue weighted by Gasteiger charge is -2.24. The Morgan fingerprint density at radius 2 is 2.00 bits per heavy atom. The molecular weight excluding hydrogens is 415 g/mol. The molecule has 0 saturated carbocycles. The number of hydrogen-bond donors (Lipinski definition) is 0. The molecule has 2 heterocycles. The lowest BCUT2D eigenvalue weighted by atomic mass is 9.91. The van der Waals surface area contributed by atoms with Gasteiger partial charge in [-0.15, -0.1) is 0 Å². The molecule has 6 nitrogen and oxygen atoms in total. The van der Waals surface area contributed by atoms with Gasteiger partial charge in [-0.1, -0.05) is 0 Å². The van der Waals surface area contributed by atoms with Crippen molar-refractivity contribution < 1.29 is 28.5 Å². The fourth-order valence-corrected chi connectivity index (χ4v) is 3.28. The Balaban J connectivity index is 2.06. The molecule has 0 aromatic heterocycles. The van der Waals surface area contributed by atoms with Crippen molar-refractivity contribution in [3.63, 3.8) is 0 Å². The van der Waals surface area contributed by atoms with Gasteiger partial charge < -0.3 is 18.9 Å². The summed E-state index contributed by atoms with van der Waals surface area (Å²) in [5.74, 6) is -1.57. The highest BCUT2D eigenvalue weighted by Crippen LogP contribution is 2.43. The zero-order valence-electron chi connectivity index (χ0n) is 13.8. The Kier molecular flexibility index (Phi) is 6.21. The molecule has 0 aromatic rings. The van der Waals surface area contributed by atoms with Crippen LogP contribution in [0.15, 0.2) is 9.66 Å². The quantitative estimate of drug-likeness (QED) is 0.361. The average Bonchev–Trinajstić information content (AvgIpc) is 2.83. The molecule has 0 unspecified atom stereocenters. The number of rotatable bonds is 6. The molecule has 23 heavy (non-hydrogen) atoms. The molecule has 130 valence electrons. The maximum Gasteiger partial charge on any atom is 0.313 e. The van der Waals surface area contributed by atoms with E-state index in [1.807, 2.05) is 26.8 Å². The molecule has 0 bridgehead atoms. The van der Waals surface area contributed by atoms with Gasteiger partial charge in [0.25, 0.3) is 0 Å². The van der Waals surface area contributed by atoms with E-state index in [1.54, 1.807) is 6.92 Å². The third-order valence-corrected chi connectivity index (χ3v) is 4.09. The summed E-state index contributed by atoms with van der Waals surface area (Å²) >= 11 is 2.20. The van der Waals surface area contributed by atoms with Crippen molar-refractivity contribution in [2.45, 2.75) is 64.8 Å². The standard InChI is InChI=1S/C16H23IO6/c1-5-20-13(19)8-10(18)7-11-12(6-9(2)17)21-15-14(11)22-16(3,4)23-15/h6,11-12,14-15H,5,7-8H2,1-4H3/b9-6+/t11-,12-,14-,15-/m1/s1. The summed E-state index contributed by atoms with van der Waals surface area (Å²) in [5, 5.41) is 0. The van der Waals surface area contributed by atoms with Crippen LogP contribution in [0.25, 0.3) is 0 Å². The van der Waals surface area contributed by atoms with Gasteiger partial charge >= 0.3 is 5.97 Å². The number of Topliss-reactive ketones (excluding diaryl/α,β-unsaturated/α-hetero) is 1. The van der Waals surface area contributed by atoms with E-state index in [1.165, 1.54) is 0 Å². The minimum Gasteiger partial charge on any atom is -0.466 e. The molecule has 0 amide bonds. The molecule has 4 atom stereocenters. The van der Waals surface area contributed by atoms with Crippen LogP contribution in [0.1, 0.15) is 40.5 Å². The maximum absolute atomic E-state index is 12.2. The van der Waals surface area contributed by atoms with Gasteiger partial charge in [-0.3, -0.25) is 9.59 Å². The van der Waals surface area contributed by atoms with Crippen LogP contribution < -0.4 is 0 Å². The molecule has 2 aliphatic rings. The van der Waals surface area contributed by atoms with E-state index in [-0.39, 0.29) is 43.4 Å². The second-order valence-corrected chi connectivity index (χ2v) is 7.91. The fraction of sp³-hybridized carbons (Fsp3) is 0.750. The molecule has 2 aliphatic heterocycles. The normalized spacial score (nSPS) is 32.7. The van der Waals surface area contributed by atoms with Crippen LogP contribution >= 0.6 is 22.6 Å². The minimum absolute atomic E-state index is 0.171. The molecule has 0 radical (unpaired) electrons. The summed E-state index contributed by atoms with van der Waals surface area (Å²) in [6, 6.07) is 0. The molecule has 0 aliphatic carbocycles. The summed E-state index contributed by atoms with van der Waals surface area (Å²) in [6.45, 7) is 7.59. The Bertz CT molecular complexity index is 497. The number of halogens is 1. The second-order valence-electron chi connectivity index (χ2n) is 6.21. The Morgan fingerprint density at radius 3 is 2.61 bits per heavy atom. The third kappa shape index (κ3) is 4.98. The predicted octanol–water partition coefficient (Wildman–Crippen LogP) is 2.73. The number of allylic oxidation sites excluding steroid dienone is 1. The van der Waals surface area contributed by atoms with Gasteiger partial charge in [0, 0.05) is 12.3 Å². The highest BCUT2D eigenvalue weighted by Gasteiger charge is 2.54. The highest BCUT2D eigenvalue weighted by atomic mass is 127. The zero-order valence-corrected chi connectivity index (χ0v) is 16.0. The first-order valence-corrected chi connectivity index (χ1v) is 8.82. The molecule has 0 spiro atoms. The number of ether oxygens (including phenoxy) is 4. The largest absolute Gasteiger partial charge is 0.466 e. The van der Waals surface area contributed by atoms with Gasteiger partial charge in [0.15, 0.2) is 12.1 Å². The Hall–Kier alpha value is -0.510. The van der Waals surface area contributed by atoms with Crippen LogP contribution in [0.2, 0.25) is 0 Å². The van der Waals surface area contributed by atoms with Crippen LogP contribution in [-0.4, -0.2) is 42.6 Å². The van der Waals surface area contributed by atoms with E-state index in [4.69, 9.17) is 18.9 Å². The van der Waals surface area contributed by atoms with Crippen LogP contribution in [0.5, 0.6) is 0 Å². The van der Waals surface area contributed by atoms with Crippen LogP contribution in [0, 0.1) is 5.92 Å². The SMILES string of the molecule is CCOC(=O)CC(=O)C[C@H]1[C@H]2OC(C)(C)O[C@H]2O[C@@H]1/C=C(\C)I. The van der Waals surface area contributed by atoms with E-state index < -0.39 is 18.0 Å². The number of fused-ring (bicyclic) bond motifs is 1.